The molecule has 1 atom stereocenters. The van der Waals surface area contributed by atoms with Crippen molar-refractivity contribution in [2.24, 2.45) is 0 Å². The van der Waals surface area contributed by atoms with Crippen LogP contribution in [0.3, 0.4) is 0 Å². The Bertz CT molecular complexity index is 516. The van der Waals surface area contributed by atoms with Crippen LogP contribution in [0.25, 0.3) is 0 Å². The summed E-state index contributed by atoms with van der Waals surface area (Å²) in [5.41, 5.74) is 0.693. The smallest absolute Gasteiger partial charge is 0.339 e. The Balaban J connectivity index is 2.97. The van der Waals surface area contributed by atoms with Gasteiger partial charge in [-0.05, 0) is 38.0 Å². The fraction of sp³-hybridized carbons (Fsp3) is 0.429. The van der Waals surface area contributed by atoms with Gasteiger partial charge in [0.2, 0.25) is 0 Å². The minimum Gasteiger partial charge on any atom is -0.480 e. The van der Waals surface area contributed by atoms with Crippen molar-refractivity contribution in [2.45, 2.75) is 33.3 Å². The Morgan fingerprint density at radius 2 is 2.10 bits per heavy atom. The van der Waals surface area contributed by atoms with E-state index in [1.54, 1.807) is 19.9 Å². The molecule has 1 rings (SSSR count). The number of carbonyl (C=O) groups excluding carboxylic acids is 1. The van der Waals surface area contributed by atoms with E-state index in [0.29, 0.717) is 16.6 Å². The van der Waals surface area contributed by atoms with Crippen LogP contribution in [-0.4, -0.2) is 29.6 Å². The van der Waals surface area contributed by atoms with Gasteiger partial charge >= 0.3 is 5.97 Å². The van der Waals surface area contributed by atoms with Gasteiger partial charge in [0.15, 0.2) is 6.10 Å². The maximum Gasteiger partial charge on any atom is 0.339 e. The molecule has 0 aliphatic heterocycles. The first-order valence-electron chi connectivity index (χ1n) is 6.34. The van der Waals surface area contributed by atoms with E-state index in [1.807, 2.05) is 6.92 Å². The van der Waals surface area contributed by atoms with E-state index in [-0.39, 0.29) is 17.2 Å². The zero-order valence-corrected chi connectivity index (χ0v) is 13.3. The van der Waals surface area contributed by atoms with E-state index < -0.39 is 12.1 Å². The summed E-state index contributed by atoms with van der Waals surface area (Å²) in [5, 5.41) is 11.9. The van der Waals surface area contributed by atoms with Gasteiger partial charge in [-0.1, -0.05) is 22.9 Å². The molecule has 0 heterocycles. The number of nitrogens with one attached hydrogen (secondary N) is 1. The standard InChI is InChI=1S/C14H18BrNO4/c1-4-5-16-13(17)9(3)20-12-8(2)6-10(15)7-11(12)14(18)19/h6-7,9H,4-5H2,1-3H3,(H,16,17)(H,18,19). The lowest BCUT2D eigenvalue weighted by atomic mass is 10.1. The molecule has 0 saturated heterocycles. The van der Waals surface area contributed by atoms with Crippen LogP contribution in [0.15, 0.2) is 16.6 Å². The molecule has 1 amide bonds. The minimum atomic E-state index is -1.09. The van der Waals surface area contributed by atoms with Gasteiger partial charge in [-0.3, -0.25) is 4.79 Å². The molecule has 1 aromatic carbocycles. The van der Waals surface area contributed by atoms with E-state index >= 15 is 0 Å². The quantitative estimate of drug-likeness (QED) is 0.832. The number of hydrogen-bond acceptors (Lipinski definition) is 3. The number of carboxylic acid groups (broad SMARTS) is 1. The maximum atomic E-state index is 11.8. The normalized spacial score (nSPS) is 11.8. The molecule has 0 fully saturated rings. The summed E-state index contributed by atoms with van der Waals surface area (Å²) in [7, 11) is 0. The summed E-state index contributed by atoms with van der Waals surface area (Å²) in [6.45, 7) is 5.85. The Hall–Kier alpha value is -1.56. The van der Waals surface area contributed by atoms with Crippen molar-refractivity contribution in [3.8, 4) is 5.75 Å². The third kappa shape index (κ3) is 4.23. The second-order valence-corrected chi connectivity index (χ2v) is 5.37. The number of amides is 1. The first-order valence-corrected chi connectivity index (χ1v) is 7.14. The third-order valence-corrected chi connectivity index (χ3v) is 3.14. The molecule has 0 aromatic heterocycles. The maximum absolute atomic E-state index is 11.8. The fourth-order valence-corrected chi connectivity index (χ4v) is 2.24. The number of carboxylic acids is 1. The first-order chi connectivity index (χ1) is 9.36. The number of hydrogen-bond donors (Lipinski definition) is 2. The lowest BCUT2D eigenvalue weighted by Crippen LogP contribution is -2.37. The van der Waals surface area contributed by atoms with E-state index in [0.717, 1.165) is 6.42 Å². The molecule has 1 unspecified atom stereocenters. The molecule has 1 aromatic rings. The van der Waals surface area contributed by atoms with Gasteiger partial charge in [0.05, 0.1) is 0 Å². The molecule has 6 heteroatoms. The molecule has 2 N–H and O–H groups in total. The van der Waals surface area contributed by atoms with Crippen LogP contribution in [-0.2, 0) is 4.79 Å². The van der Waals surface area contributed by atoms with E-state index in [4.69, 9.17) is 4.74 Å². The summed E-state index contributed by atoms with van der Waals surface area (Å²) in [4.78, 5) is 23.0. The van der Waals surface area contributed by atoms with E-state index in [2.05, 4.69) is 21.2 Å². The molecule has 0 aliphatic rings. The molecule has 110 valence electrons. The van der Waals surface area contributed by atoms with Crippen molar-refractivity contribution in [2.75, 3.05) is 6.54 Å². The highest BCUT2D eigenvalue weighted by atomic mass is 79.9. The molecule has 0 radical (unpaired) electrons. The number of benzene rings is 1. The summed E-state index contributed by atoms with van der Waals surface area (Å²) in [6, 6.07) is 3.21. The van der Waals surface area contributed by atoms with Gasteiger partial charge in [-0.25, -0.2) is 4.79 Å². The number of ether oxygens (including phenoxy) is 1. The summed E-state index contributed by atoms with van der Waals surface area (Å²) in [6.07, 6.45) is 0.0791. The van der Waals surface area contributed by atoms with Crippen LogP contribution in [0.5, 0.6) is 5.75 Å². The van der Waals surface area contributed by atoms with Crippen LogP contribution >= 0.6 is 15.9 Å². The van der Waals surface area contributed by atoms with Crippen molar-refractivity contribution in [3.63, 3.8) is 0 Å². The number of aryl methyl sites for hydroxylation is 1. The van der Waals surface area contributed by atoms with Gasteiger partial charge in [0.1, 0.15) is 11.3 Å². The number of rotatable bonds is 6. The average molecular weight is 344 g/mol. The van der Waals surface area contributed by atoms with Gasteiger partial charge < -0.3 is 15.2 Å². The van der Waals surface area contributed by atoms with Gasteiger partial charge in [-0.15, -0.1) is 0 Å². The highest BCUT2D eigenvalue weighted by Gasteiger charge is 2.20. The van der Waals surface area contributed by atoms with Crippen molar-refractivity contribution >= 4 is 27.8 Å². The van der Waals surface area contributed by atoms with Crippen LogP contribution in [0, 0.1) is 6.92 Å². The molecule has 20 heavy (non-hydrogen) atoms. The SMILES string of the molecule is CCCNC(=O)C(C)Oc1c(C)cc(Br)cc1C(=O)O. The van der Waals surface area contributed by atoms with Crippen LogP contribution in [0.2, 0.25) is 0 Å². The molecular weight excluding hydrogens is 326 g/mol. The first kappa shape index (κ1) is 16.5. The van der Waals surface area contributed by atoms with Gasteiger partial charge in [0.25, 0.3) is 5.91 Å². The van der Waals surface area contributed by atoms with Crippen molar-refractivity contribution < 1.29 is 19.4 Å². The topological polar surface area (TPSA) is 75.6 Å². The van der Waals surface area contributed by atoms with Crippen molar-refractivity contribution in [1.29, 1.82) is 0 Å². The molecule has 0 spiro atoms. The van der Waals surface area contributed by atoms with E-state index in [9.17, 15) is 14.7 Å². The summed E-state index contributed by atoms with van der Waals surface area (Å²) >= 11 is 3.25. The largest absolute Gasteiger partial charge is 0.480 e. The average Bonchev–Trinajstić information content (AvgIpc) is 2.38. The highest BCUT2D eigenvalue weighted by Crippen LogP contribution is 2.29. The number of halogens is 1. The molecular formula is C14H18BrNO4. The summed E-state index contributed by atoms with van der Waals surface area (Å²) in [5.74, 6) is -1.13. The minimum absolute atomic E-state index is 0.0343. The monoisotopic (exact) mass is 343 g/mol. The van der Waals surface area contributed by atoms with Crippen LogP contribution in [0.1, 0.15) is 36.2 Å². The fourth-order valence-electron chi connectivity index (χ4n) is 1.67. The van der Waals surface area contributed by atoms with E-state index in [1.165, 1.54) is 6.07 Å². The van der Waals surface area contributed by atoms with Gasteiger partial charge in [0, 0.05) is 11.0 Å². The lowest BCUT2D eigenvalue weighted by Gasteiger charge is -2.18. The second kappa shape index (κ2) is 7.28. The Morgan fingerprint density at radius 3 is 2.65 bits per heavy atom. The zero-order valence-electron chi connectivity index (χ0n) is 11.7. The van der Waals surface area contributed by atoms with Crippen LogP contribution in [0.4, 0.5) is 0 Å². The Labute approximate surface area is 126 Å². The Kier molecular flexibility index (Phi) is 6.01. The lowest BCUT2D eigenvalue weighted by molar-refractivity contribution is -0.127. The second-order valence-electron chi connectivity index (χ2n) is 4.46. The molecule has 0 bridgehead atoms. The van der Waals surface area contributed by atoms with Crippen LogP contribution < -0.4 is 10.1 Å². The predicted molar refractivity (Wildman–Crippen MR) is 79.2 cm³/mol. The molecule has 0 aliphatic carbocycles. The summed E-state index contributed by atoms with van der Waals surface area (Å²) < 4.78 is 6.19. The number of carbonyl (C=O) groups is 2. The van der Waals surface area contributed by atoms with Crippen molar-refractivity contribution in [1.82, 2.24) is 5.32 Å². The van der Waals surface area contributed by atoms with Gasteiger partial charge in [-0.2, -0.15) is 0 Å². The van der Waals surface area contributed by atoms with Crippen molar-refractivity contribution in [3.05, 3.63) is 27.7 Å². The predicted octanol–water partition coefficient (Wildman–Crippen LogP) is 2.75. The molecule has 0 saturated carbocycles. The Morgan fingerprint density at radius 1 is 1.45 bits per heavy atom. The highest BCUT2D eigenvalue weighted by molar-refractivity contribution is 9.10. The third-order valence-electron chi connectivity index (χ3n) is 2.68. The molecule has 5 nitrogen and oxygen atoms in total. The zero-order chi connectivity index (χ0) is 15.3. The number of aromatic carboxylic acids is 1.